The van der Waals surface area contributed by atoms with Gasteiger partial charge in [-0.3, -0.25) is 28.9 Å². The van der Waals surface area contributed by atoms with Gasteiger partial charge in [0.25, 0.3) is 11.8 Å². The third kappa shape index (κ3) is 4.37. The summed E-state index contributed by atoms with van der Waals surface area (Å²) in [6.07, 6.45) is 0.0679. The topological polar surface area (TPSA) is 142 Å². The van der Waals surface area contributed by atoms with E-state index in [-0.39, 0.29) is 32.7 Å². The van der Waals surface area contributed by atoms with Crippen LogP contribution in [-0.2, 0) is 24.0 Å². The standard InChI is InChI=1S/C30H20BrCl2F5N2O8/c1-48-14-7-9(6-13(31)24(14)43)17-10-2-3-11-16(26(45)39(25(11)44)5-4-15(41)42)12(10)8-29(32)27(46)40(28(47)30(17,29)33)23-21(37)19(35)18(34)20(36)22(23)38/h2,6-7,11-12,16-17,43H,3-5,8H2,1H3,(H,41,42)/t11-,12+,16-,17-,29+,30-/m0/s1. The molecule has 2 aromatic rings. The SMILES string of the molecule is COc1cc([C@H]2C3=CC[C@@H]4C(=O)N(CCC(=O)O)C(=O)[C@@H]4[C@@H]3C[C@@]3(Cl)C(=O)N(c4c(F)c(F)c(F)c(F)c4F)C(=O)[C@@]23Cl)cc(Br)c1O. The second-order valence-electron chi connectivity index (χ2n) is 11.7. The molecule has 0 radical (unpaired) electrons. The normalized spacial score (nSPS) is 29.6. The first kappa shape index (κ1) is 34.1. The Balaban J connectivity index is 1.59. The summed E-state index contributed by atoms with van der Waals surface area (Å²) < 4.78 is 78.2. The zero-order chi connectivity index (χ0) is 35.4. The second kappa shape index (κ2) is 11.4. The minimum Gasteiger partial charge on any atom is -0.503 e. The monoisotopic (exact) mass is 780 g/mol. The summed E-state index contributed by atoms with van der Waals surface area (Å²) in [5.74, 6) is -24.3. The van der Waals surface area contributed by atoms with Gasteiger partial charge in [0.15, 0.2) is 44.5 Å². The van der Waals surface area contributed by atoms with Gasteiger partial charge in [0.1, 0.15) is 5.69 Å². The van der Waals surface area contributed by atoms with Crippen LogP contribution in [0.2, 0.25) is 0 Å². The number of benzene rings is 2. The number of ether oxygens (including phenoxy) is 1. The summed E-state index contributed by atoms with van der Waals surface area (Å²) in [7, 11) is 1.19. The van der Waals surface area contributed by atoms with Gasteiger partial charge in [0, 0.05) is 12.5 Å². The Morgan fingerprint density at radius 3 is 2.17 bits per heavy atom. The highest BCUT2D eigenvalue weighted by molar-refractivity contribution is 9.10. The lowest BCUT2D eigenvalue weighted by Crippen LogP contribution is -2.60. The van der Waals surface area contributed by atoms with Crippen molar-refractivity contribution in [2.24, 2.45) is 17.8 Å². The predicted octanol–water partition coefficient (Wildman–Crippen LogP) is 4.90. The first-order chi connectivity index (χ1) is 22.4. The van der Waals surface area contributed by atoms with Crippen LogP contribution in [0.4, 0.5) is 27.6 Å². The number of fused-ring (bicyclic) bond motifs is 4. The molecule has 18 heteroatoms. The molecule has 2 aliphatic carbocycles. The molecule has 10 nitrogen and oxygen atoms in total. The van der Waals surface area contributed by atoms with Crippen LogP contribution in [0.1, 0.15) is 30.7 Å². The number of amides is 4. The number of carboxylic acids is 1. The summed E-state index contributed by atoms with van der Waals surface area (Å²) in [6, 6.07) is 2.47. The zero-order valence-electron chi connectivity index (χ0n) is 24.1. The van der Waals surface area contributed by atoms with Crippen LogP contribution in [0, 0.1) is 46.8 Å². The quantitative estimate of drug-likeness (QED) is 0.105. The number of aliphatic carboxylic acids is 1. The number of likely N-dealkylation sites (tertiary alicyclic amines) is 1. The molecule has 1 saturated carbocycles. The molecule has 3 fully saturated rings. The number of anilines is 1. The molecule has 0 unspecified atom stereocenters. The Morgan fingerprint density at radius 1 is 0.979 bits per heavy atom. The number of rotatable bonds is 6. The Kier molecular flexibility index (Phi) is 8.11. The van der Waals surface area contributed by atoms with Crippen LogP contribution in [0.25, 0.3) is 0 Å². The van der Waals surface area contributed by atoms with Crippen LogP contribution in [-0.4, -0.2) is 68.1 Å². The average molecular weight is 782 g/mol. The van der Waals surface area contributed by atoms with E-state index in [2.05, 4.69) is 15.9 Å². The van der Waals surface area contributed by atoms with E-state index < -0.39 is 123 Å². The van der Waals surface area contributed by atoms with Crippen LogP contribution in [0.15, 0.2) is 28.3 Å². The number of halogens is 8. The summed E-state index contributed by atoms with van der Waals surface area (Å²) in [5, 5.41) is 19.6. The first-order valence-electron chi connectivity index (χ1n) is 14.1. The fraction of sp³-hybridized carbons (Fsp3) is 0.367. The van der Waals surface area contributed by atoms with Crippen molar-refractivity contribution in [2.45, 2.75) is 34.9 Å². The second-order valence-corrected chi connectivity index (χ2v) is 13.8. The van der Waals surface area contributed by atoms with Crippen molar-refractivity contribution in [3.8, 4) is 11.5 Å². The number of aromatic hydroxyl groups is 1. The Hall–Kier alpha value is -3.76. The van der Waals surface area contributed by atoms with Crippen molar-refractivity contribution in [2.75, 3.05) is 18.6 Å². The zero-order valence-corrected chi connectivity index (χ0v) is 27.2. The number of alkyl halides is 2. The molecule has 0 spiro atoms. The van der Waals surface area contributed by atoms with Crippen LogP contribution in [0.3, 0.4) is 0 Å². The molecule has 48 heavy (non-hydrogen) atoms. The molecule has 2 N–H and O–H groups in total. The molecule has 2 aromatic carbocycles. The maximum absolute atomic E-state index is 15.1. The van der Waals surface area contributed by atoms with E-state index in [4.69, 9.17) is 33.0 Å². The van der Waals surface area contributed by atoms with E-state index >= 15 is 8.78 Å². The number of methoxy groups -OCH3 is 1. The van der Waals surface area contributed by atoms with Crippen molar-refractivity contribution in [3.05, 3.63) is 62.9 Å². The number of allylic oxidation sites excluding steroid dienone is 2. The number of hydrogen-bond donors (Lipinski definition) is 2. The Bertz CT molecular complexity index is 1890. The van der Waals surface area contributed by atoms with Gasteiger partial charge in [-0.15, -0.1) is 23.2 Å². The molecular formula is C30H20BrCl2F5N2O8. The lowest BCUT2D eigenvalue weighted by Gasteiger charge is -2.50. The number of phenolic OH excluding ortho intramolecular Hbond substituents is 1. The Labute approximate surface area is 285 Å². The molecule has 4 amide bonds. The minimum atomic E-state index is -2.77. The van der Waals surface area contributed by atoms with Gasteiger partial charge in [-0.1, -0.05) is 11.6 Å². The number of carbonyl (C=O) groups is 5. The highest BCUT2D eigenvalue weighted by atomic mass is 79.9. The fourth-order valence-electron chi connectivity index (χ4n) is 7.35. The number of carboxylic acid groups (broad SMARTS) is 1. The molecule has 2 heterocycles. The summed E-state index contributed by atoms with van der Waals surface area (Å²) in [5.41, 5.74) is -1.74. The smallest absolute Gasteiger partial charge is 0.305 e. The third-order valence-electron chi connectivity index (χ3n) is 9.47. The summed E-state index contributed by atoms with van der Waals surface area (Å²) in [6.45, 7) is -0.468. The number of carbonyl (C=O) groups excluding carboxylic acids is 4. The van der Waals surface area contributed by atoms with Crippen LogP contribution in [0.5, 0.6) is 11.5 Å². The fourth-order valence-corrected chi connectivity index (χ4v) is 8.74. The van der Waals surface area contributed by atoms with Gasteiger partial charge in [0.2, 0.25) is 17.6 Å². The average Bonchev–Trinajstić information content (AvgIpc) is 3.37. The van der Waals surface area contributed by atoms with Crippen molar-refractivity contribution in [1.82, 2.24) is 4.90 Å². The number of phenols is 1. The van der Waals surface area contributed by atoms with Gasteiger partial charge < -0.3 is 14.9 Å². The van der Waals surface area contributed by atoms with E-state index in [9.17, 15) is 42.3 Å². The highest BCUT2D eigenvalue weighted by Gasteiger charge is 2.77. The lowest BCUT2D eigenvalue weighted by atomic mass is 9.56. The molecule has 2 aliphatic heterocycles. The molecular weight excluding hydrogens is 762 g/mol. The van der Waals surface area contributed by atoms with Crippen LogP contribution < -0.4 is 9.64 Å². The first-order valence-corrected chi connectivity index (χ1v) is 15.6. The van der Waals surface area contributed by atoms with Gasteiger partial charge in [-0.05, 0) is 52.4 Å². The number of nitrogens with zero attached hydrogens (tertiary/aromatic N) is 2. The highest BCUT2D eigenvalue weighted by Crippen LogP contribution is 2.66. The summed E-state index contributed by atoms with van der Waals surface area (Å²) in [4.78, 5) is 61.7. The molecule has 0 aromatic heterocycles. The van der Waals surface area contributed by atoms with Gasteiger partial charge >= 0.3 is 5.97 Å². The van der Waals surface area contributed by atoms with Crippen molar-refractivity contribution in [3.63, 3.8) is 0 Å². The predicted molar refractivity (Wildman–Crippen MR) is 158 cm³/mol. The van der Waals surface area contributed by atoms with Crippen molar-refractivity contribution in [1.29, 1.82) is 0 Å². The minimum absolute atomic E-state index is 0.00543. The lowest BCUT2D eigenvalue weighted by molar-refractivity contribution is -0.142. The maximum atomic E-state index is 15.1. The van der Waals surface area contributed by atoms with Gasteiger partial charge in [-0.2, -0.15) is 0 Å². The van der Waals surface area contributed by atoms with Crippen molar-refractivity contribution < 1.29 is 60.9 Å². The van der Waals surface area contributed by atoms with Crippen LogP contribution >= 0.6 is 39.1 Å². The number of hydrogen-bond acceptors (Lipinski definition) is 7. The van der Waals surface area contributed by atoms with Gasteiger partial charge in [0.05, 0.1) is 29.8 Å². The van der Waals surface area contributed by atoms with E-state index in [0.29, 0.717) is 0 Å². The molecule has 4 aliphatic rings. The largest absolute Gasteiger partial charge is 0.503 e. The summed E-state index contributed by atoms with van der Waals surface area (Å²) >= 11 is 17.2. The van der Waals surface area contributed by atoms with E-state index in [1.807, 2.05) is 0 Å². The molecule has 0 bridgehead atoms. The molecule has 254 valence electrons. The Morgan fingerprint density at radius 2 is 1.58 bits per heavy atom. The molecule has 6 rings (SSSR count). The van der Waals surface area contributed by atoms with Gasteiger partial charge in [-0.25, -0.2) is 26.9 Å². The van der Waals surface area contributed by atoms with E-state index in [1.54, 1.807) is 0 Å². The number of imide groups is 2. The maximum Gasteiger partial charge on any atom is 0.305 e. The van der Waals surface area contributed by atoms with Crippen molar-refractivity contribution >= 4 is 74.4 Å². The van der Waals surface area contributed by atoms with E-state index in [1.165, 1.54) is 25.3 Å². The van der Waals surface area contributed by atoms with E-state index in [0.717, 1.165) is 4.90 Å². The third-order valence-corrected chi connectivity index (χ3v) is 11.5. The molecule has 2 saturated heterocycles. The molecule has 6 atom stereocenters.